The van der Waals surface area contributed by atoms with E-state index in [1.807, 2.05) is 6.92 Å². The number of anilines is 1. The zero-order valence-electron chi connectivity index (χ0n) is 13.0. The van der Waals surface area contributed by atoms with Crippen molar-refractivity contribution < 1.29 is 9.18 Å². The van der Waals surface area contributed by atoms with Crippen LogP contribution in [0, 0.1) is 5.82 Å². The summed E-state index contributed by atoms with van der Waals surface area (Å²) in [5, 5.41) is 9.13. The molecule has 23 heavy (non-hydrogen) atoms. The molecule has 1 aromatic heterocycles. The molecule has 0 fully saturated rings. The van der Waals surface area contributed by atoms with Gasteiger partial charge in [0.1, 0.15) is 5.82 Å². The van der Waals surface area contributed by atoms with Gasteiger partial charge < -0.3 is 5.32 Å². The summed E-state index contributed by atoms with van der Waals surface area (Å²) in [5.74, 6) is -0.596. The molecule has 0 spiro atoms. The standard InChI is InChI=1S/C15H19FN4O2S/c1-3-4-9-20-14(22)18-19-15(20)23-10(2)13(21)17-12-7-5-11(16)6-8-12/h5-8,10H,3-4,9H2,1-2H3,(H,17,21)(H,18,22). The number of hydrogen-bond donors (Lipinski definition) is 2. The molecule has 2 aromatic rings. The number of hydrogen-bond acceptors (Lipinski definition) is 4. The fourth-order valence-corrected chi connectivity index (χ4v) is 2.78. The summed E-state index contributed by atoms with van der Waals surface area (Å²) in [6, 6.07) is 5.56. The predicted molar refractivity (Wildman–Crippen MR) is 88.1 cm³/mol. The van der Waals surface area contributed by atoms with Gasteiger partial charge in [-0.15, -0.1) is 5.10 Å². The van der Waals surface area contributed by atoms with Crippen LogP contribution in [0.3, 0.4) is 0 Å². The Kier molecular flexibility index (Phi) is 5.97. The second-order valence-corrected chi connectivity index (χ2v) is 6.38. The van der Waals surface area contributed by atoms with E-state index in [2.05, 4.69) is 15.5 Å². The number of nitrogens with zero attached hydrogens (tertiary/aromatic N) is 2. The van der Waals surface area contributed by atoms with Gasteiger partial charge in [-0.2, -0.15) is 0 Å². The third-order valence-corrected chi connectivity index (χ3v) is 4.31. The molecular weight excluding hydrogens is 319 g/mol. The summed E-state index contributed by atoms with van der Waals surface area (Å²) in [4.78, 5) is 23.9. The van der Waals surface area contributed by atoms with Crippen molar-refractivity contribution in [2.24, 2.45) is 0 Å². The van der Waals surface area contributed by atoms with Gasteiger partial charge in [0.2, 0.25) is 5.91 Å². The first-order valence-corrected chi connectivity index (χ1v) is 8.27. The maximum atomic E-state index is 12.9. The van der Waals surface area contributed by atoms with Crippen LogP contribution in [0.5, 0.6) is 0 Å². The summed E-state index contributed by atoms with van der Waals surface area (Å²) in [6.07, 6.45) is 1.82. The van der Waals surface area contributed by atoms with Gasteiger partial charge in [0.05, 0.1) is 5.25 Å². The Hall–Kier alpha value is -2.09. The molecule has 1 aromatic carbocycles. The molecule has 0 saturated carbocycles. The van der Waals surface area contributed by atoms with Crippen LogP contribution in [0.15, 0.2) is 34.2 Å². The molecule has 6 nitrogen and oxygen atoms in total. The van der Waals surface area contributed by atoms with Crippen molar-refractivity contribution in [3.05, 3.63) is 40.6 Å². The molecule has 0 aliphatic rings. The first-order chi connectivity index (χ1) is 11.0. The highest BCUT2D eigenvalue weighted by molar-refractivity contribution is 8.00. The van der Waals surface area contributed by atoms with Crippen LogP contribution in [0.25, 0.3) is 0 Å². The van der Waals surface area contributed by atoms with E-state index in [9.17, 15) is 14.0 Å². The topological polar surface area (TPSA) is 79.8 Å². The van der Waals surface area contributed by atoms with E-state index in [-0.39, 0.29) is 17.4 Å². The Labute approximate surface area is 137 Å². The normalized spacial score (nSPS) is 12.1. The third kappa shape index (κ3) is 4.69. The van der Waals surface area contributed by atoms with Crippen LogP contribution in [0.1, 0.15) is 26.7 Å². The maximum absolute atomic E-state index is 12.9. The van der Waals surface area contributed by atoms with Crippen molar-refractivity contribution in [3.8, 4) is 0 Å². The number of carbonyl (C=O) groups excluding carboxylic acids is 1. The highest BCUT2D eigenvalue weighted by Gasteiger charge is 2.19. The number of rotatable bonds is 7. The smallest absolute Gasteiger partial charge is 0.325 e. The fraction of sp³-hybridized carbons (Fsp3) is 0.400. The Balaban J connectivity index is 2.01. The number of carbonyl (C=O) groups is 1. The monoisotopic (exact) mass is 338 g/mol. The molecule has 124 valence electrons. The maximum Gasteiger partial charge on any atom is 0.343 e. The average Bonchev–Trinajstić information content (AvgIpc) is 2.87. The molecule has 0 bridgehead atoms. The molecule has 1 amide bonds. The molecular formula is C15H19FN4O2S. The number of halogens is 1. The Morgan fingerprint density at radius 3 is 2.78 bits per heavy atom. The number of aromatic amines is 1. The van der Waals surface area contributed by atoms with Crippen LogP contribution >= 0.6 is 11.8 Å². The van der Waals surface area contributed by atoms with Crippen molar-refractivity contribution in [3.63, 3.8) is 0 Å². The van der Waals surface area contributed by atoms with Gasteiger partial charge in [-0.25, -0.2) is 14.3 Å². The largest absolute Gasteiger partial charge is 0.343 e. The highest BCUT2D eigenvalue weighted by Crippen LogP contribution is 2.21. The van der Waals surface area contributed by atoms with Crippen LogP contribution in [0.4, 0.5) is 10.1 Å². The lowest BCUT2D eigenvalue weighted by Gasteiger charge is -2.12. The van der Waals surface area contributed by atoms with E-state index in [0.717, 1.165) is 12.8 Å². The summed E-state index contributed by atoms with van der Waals surface area (Å²) < 4.78 is 14.4. The molecule has 0 aliphatic carbocycles. The first kappa shape index (κ1) is 17.3. The van der Waals surface area contributed by atoms with Gasteiger partial charge in [0.15, 0.2) is 5.16 Å². The third-order valence-electron chi connectivity index (χ3n) is 3.22. The number of unbranched alkanes of at least 4 members (excludes halogenated alkanes) is 1. The predicted octanol–water partition coefficient (Wildman–Crippen LogP) is 2.63. The van der Waals surface area contributed by atoms with Crippen molar-refractivity contribution >= 4 is 23.4 Å². The molecule has 1 heterocycles. The lowest BCUT2D eigenvalue weighted by atomic mass is 10.3. The average molecular weight is 338 g/mol. The fourth-order valence-electron chi connectivity index (χ4n) is 1.90. The van der Waals surface area contributed by atoms with E-state index in [4.69, 9.17) is 0 Å². The summed E-state index contributed by atoms with van der Waals surface area (Å²) in [7, 11) is 0. The lowest BCUT2D eigenvalue weighted by molar-refractivity contribution is -0.115. The molecule has 1 atom stereocenters. The van der Waals surface area contributed by atoms with Crippen molar-refractivity contribution in [1.29, 1.82) is 0 Å². The van der Waals surface area contributed by atoms with Gasteiger partial charge in [-0.3, -0.25) is 9.36 Å². The Bertz CT molecular complexity index is 711. The number of benzene rings is 1. The molecule has 2 rings (SSSR count). The second kappa shape index (κ2) is 7.96. The highest BCUT2D eigenvalue weighted by atomic mass is 32.2. The second-order valence-electron chi connectivity index (χ2n) is 5.07. The SMILES string of the molecule is CCCCn1c(SC(C)C(=O)Nc2ccc(F)cc2)n[nH]c1=O. The molecule has 0 saturated heterocycles. The summed E-state index contributed by atoms with van der Waals surface area (Å²) >= 11 is 1.21. The van der Waals surface area contributed by atoms with Crippen LogP contribution in [-0.2, 0) is 11.3 Å². The van der Waals surface area contributed by atoms with E-state index in [1.54, 1.807) is 6.92 Å². The summed E-state index contributed by atoms with van der Waals surface area (Å²) in [5.41, 5.74) is 0.251. The molecule has 1 unspecified atom stereocenters. The minimum absolute atomic E-state index is 0.237. The quantitative estimate of drug-likeness (QED) is 0.761. The zero-order valence-corrected chi connectivity index (χ0v) is 13.8. The number of aromatic nitrogens is 3. The number of H-pyrrole nitrogens is 1. The van der Waals surface area contributed by atoms with Crippen LogP contribution in [0.2, 0.25) is 0 Å². The van der Waals surface area contributed by atoms with Gasteiger partial charge in [-0.05, 0) is 37.6 Å². The zero-order chi connectivity index (χ0) is 16.8. The van der Waals surface area contributed by atoms with E-state index >= 15 is 0 Å². The van der Waals surface area contributed by atoms with Crippen LogP contribution < -0.4 is 11.0 Å². The minimum Gasteiger partial charge on any atom is -0.325 e. The van der Waals surface area contributed by atoms with Crippen LogP contribution in [-0.4, -0.2) is 25.9 Å². The van der Waals surface area contributed by atoms with Crippen molar-refractivity contribution in [2.45, 2.75) is 43.6 Å². The van der Waals surface area contributed by atoms with E-state index in [1.165, 1.54) is 40.6 Å². The van der Waals surface area contributed by atoms with Crippen molar-refractivity contribution in [2.75, 3.05) is 5.32 Å². The molecule has 0 aliphatic heterocycles. The van der Waals surface area contributed by atoms with Gasteiger partial charge >= 0.3 is 5.69 Å². The lowest BCUT2D eigenvalue weighted by Crippen LogP contribution is -2.24. The van der Waals surface area contributed by atoms with Gasteiger partial charge in [0.25, 0.3) is 0 Å². The Morgan fingerprint density at radius 2 is 2.13 bits per heavy atom. The van der Waals surface area contributed by atoms with E-state index < -0.39 is 5.25 Å². The molecule has 0 radical (unpaired) electrons. The number of amides is 1. The first-order valence-electron chi connectivity index (χ1n) is 7.39. The molecule has 8 heteroatoms. The van der Waals surface area contributed by atoms with E-state index in [0.29, 0.717) is 17.4 Å². The Morgan fingerprint density at radius 1 is 1.43 bits per heavy atom. The minimum atomic E-state index is -0.448. The van der Waals surface area contributed by atoms with Gasteiger partial charge in [-0.1, -0.05) is 25.1 Å². The molecule has 2 N–H and O–H groups in total. The van der Waals surface area contributed by atoms with Crippen molar-refractivity contribution in [1.82, 2.24) is 14.8 Å². The number of nitrogens with one attached hydrogen (secondary N) is 2. The van der Waals surface area contributed by atoms with Gasteiger partial charge in [0, 0.05) is 12.2 Å². The number of thioether (sulfide) groups is 1. The summed E-state index contributed by atoms with van der Waals surface area (Å²) in [6.45, 7) is 4.34.